The van der Waals surface area contributed by atoms with Crippen molar-refractivity contribution in [2.24, 2.45) is 0 Å². The number of para-hydroxylation sites is 1. The van der Waals surface area contributed by atoms with Crippen molar-refractivity contribution in [3.8, 4) is 5.69 Å². The van der Waals surface area contributed by atoms with Crippen molar-refractivity contribution >= 4 is 55.0 Å². The number of rotatable bonds is 1. The van der Waals surface area contributed by atoms with Gasteiger partial charge in [-0.1, -0.05) is 96.5 Å². The summed E-state index contributed by atoms with van der Waals surface area (Å²) in [5, 5.41) is 8.06. The SMILES string of the molecule is Clc1ccc2ccccc2c1-n1c2ccccc2c2ccc3ccccc3c21. The van der Waals surface area contributed by atoms with Gasteiger partial charge in [0, 0.05) is 21.5 Å². The van der Waals surface area contributed by atoms with Crippen molar-refractivity contribution in [1.82, 2.24) is 4.57 Å². The fourth-order valence-corrected chi connectivity index (χ4v) is 4.67. The standard InChI is InChI=1S/C26H16ClN/c27-23-16-14-18-8-2-4-10-20(18)26(23)28-24-12-6-5-11-21(24)22-15-13-17-7-1-3-9-19(17)25(22)28/h1-16H. The first kappa shape index (κ1) is 15.7. The van der Waals surface area contributed by atoms with Gasteiger partial charge in [0.25, 0.3) is 0 Å². The van der Waals surface area contributed by atoms with Gasteiger partial charge in [0.15, 0.2) is 0 Å². The van der Waals surface area contributed by atoms with Crippen LogP contribution in [0.4, 0.5) is 0 Å². The Kier molecular flexibility index (Phi) is 3.29. The number of halogens is 1. The Bertz CT molecular complexity index is 1520. The van der Waals surface area contributed by atoms with Crippen molar-refractivity contribution in [2.45, 2.75) is 0 Å². The van der Waals surface area contributed by atoms with Crippen molar-refractivity contribution in [2.75, 3.05) is 0 Å². The van der Waals surface area contributed by atoms with E-state index in [1.54, 1.807) is 0 Å². The molecule has 0 bridgehead atoms. The van der Waals surface area contributed by atoms with E-state index in [2.05, 4.69) is 95.6 Å². The maximum atomic E-state index is 6.83. The fourth-order valence-electron chi connectivity index (χ4n) is 4.42. The molecule has 2 heteroatoms. The molecule has 28 heavy (non-hydrogen) atoms. The van der Waals surface area contributed by atoms with E-state index >= 15 is 0 Å². The molecule has 0 fully saturated rings. The number of aromatic nitrogens is 1. The first-order valence-corrected chi connectivity index (χ1v) is 9.79. The normalized spacial score (nSPS) is 11.8. The molecule has 0 radical (unpaired) electrons. The molecule has 0 spiro atoms. The molecule has 1 heterocycles. The largest absolute Gasteiger partial charge is 0.306 e. The predicted molar refractivity (Wildman–Crippen MR) is 121 cm³/mol. The quantitative estimate of drug-likeness (QED) is 0.276. The highest BCUT2D eigenvalue weighted by Gasteiger charge is 2.18. The average Bonchev–Trinajstić information content (AvgIpc) is 3.08. The van der Waals surface area contributed by atoms with Crippen LogP contribution in [0.1, 0.15) is 0 Å². The third-order valence-electron chi connectivity index (χ3n) is 5.63. The van der Waals surface area contributed by atoms with Crippen LogP contribution in [-0.4, -0.2) is 4.57 Å². The summed E-state index contributed by atoms with van der Waals surface area (Å²) in [6, 6.07) is 34.1. The first-order chi connectivity index (χ1) is 13.8. The number of hydrogen-bond acceptors (Lipinski definition) is 0. The Balaban J connectivity index is 1.94. The van der Waals surface area contributed by atoms with E-state index in [1.807, 2.05) is 6.07 Å². The molecule has 6 aromatic rings. The molecule has 1 aromatic heterocycles. The maximum Gasteiger partial charge on any atom is 0.0727 e. The minimum Gasteiger partial charge on any atom is -0.306 e. The number of hydrogen-bond donors (Lipinski definition) is 0. The molecule has 0 saturated carbocycles. The zero-order valence-corrected chi connectivity index (χ0v) is 15.8. The van der Waals surface area contributed by atoms with Crippen molar-refractivity contribution in [3.63, 3.8) is 0 Å². The molecular formula is C26H16ClN. The van der Waals surface area contributed by atoms with Gasteiger partial charge in [-0.05, 0) is 22.9 Å². The zero-order valence-electron chi connectivity index (χ0n) is 15.1. The lowest BCUT2D eigenvalue weighted by atomic mass is 10.1. The van der Waals surface area contributed by atoms with Crippen molar-refractivity contribution in [1.29, 1.82) is 0 Å². The van der Waals surface area contributed by atoms with Crippen LogP contribution in [0.3, 0.4) is 0 Å². The maximum absolute atomic E-state index is 6.83. The molecule has 0 amide bonds. The van der Waals surface area contributed by atoms with E-state index in [0.717, 1.165) is 16.1 Å². The minimum atomic E-state index is 0.759. The van der Waals surface area contributed by atoms with Gasteiger partial charge >= 0.3 is 0 Å². The summed E-state index contributed by atoms with van der Waals surface area (Å²) in [5.41, 5.74) is 3.42. The van der Waals surface area contributed by atoms with Gasteiger partial charge in [0.1, 0.15) is 0 Å². The van der Waals surface area contributed by atoms with Crippen LogP contribution in [0.25, 0.3) is 49.0 Å². The van der Waals surface area contributed by atoms with E-state index in [-0.39, 0.29) is 0 Å². The molecule has 6 rings (SSSR count). The Morgan fingerprint density at radius 3 is 1.93 bits per heavy atom. The Hall–Kier alpha value is -3.29. The van der Waals surface area contributed by atoms with E-state index in [0.29, 0.717) is 0 Å². The summed E-state index contributed by atoms with van der Waals surface area (Å²) in [4.78, 5) is 0. The molecule has 0 aliphatic heterocycles. The van der Waals surface area contributed by atoms with Crippen LogP contribution in [-0.2, 0) is 0 Å². The van der Waals surface area contributed by atoms with E-state index in [9.17, 15) is 0 Å². The molecule has 0 atom stereocenters. The van der Waals surface area contributed by atoms with E-state index in [4.69, 9.17) is 11.6 Å². The second-order valence-electron chi connectivity index (χ2n) is 7.15. The van der Waals surface area contributed by atoms with Crippen LogP contribution < -0.4 is 0 Å². The summed E-state index contributed by atoms with van der Waals surface area (Å²) in [5.74, 6) is 0. The van der Waals surface area contributed by atoms with Gasteiger partial charge in [0.2, 0.25) is 0 Å². The lowest BCUT2D eigenvalue weighted by Crippen LogP contribution is -1.97. The highest BCUT2D eigenvalue weighted by molar-refractivity contribution is 6.34. The molecular weight excluding hydrogens is 362 g/mol. The Morgan fingerprint density at radius 2 is 1.11 bits per heavy atom. The third kappa shape index (κ3) is 2.08. The van der Waals surface area contributed by atoms with Crippen LogP contribution in [0, 0.1) is 0 Å². The van der Waals surface area contributed by atoms with Crippen molar-refractivity contribution in [3.05, 3.63) is 102 Å². The smallest absolute Gasteiger partial charge is 0.0727 e. The lowest BCUT2D eigenvalue weighted by molar-refractivity contribution is 1.20. The van der Waals surface area contributed by atoms with Gasteiger partial charge in [-0.25, -0.2) is 0 Å². The molecule has 0 saturated heterocycles. The predicted octanol–water partition coefficient (Wildman–Crippen LogP) is 7.74. The fraction of sp³-hybridized carbons (Fsp3) is 0. The second-order valence-corrected chi connectivity index (χ2v) is 7.56. The molecule has 1 nitrogen and oxygen atoms in total. The molecule has 0 N–H and O–H groups in total. The van der Waals surface area contributed by atoms with E-state index in [1.165, 1.54) is 38.0 Å². The summed E-state index contributed by atoms with van der Waals surface area (Å²) >= 11 is 6.83. The topological polar surface area (TPSA) is 4.93 Å². The Labute approximate surface area is 167 Å². The third-order valence-corrected chi connectivity index (χ3v) is 5.94. The minimum absolute atomic E-state index is 0.759. The van der Waals surface area contributed by atoms with Gasteiger partial charge in [-0.2, -0.15) is 0 Å². The van der Waals surface area contributed by atoms with Gasteiger partial charge in [-0.15, -0.1) is 0 Å². The number of nitrogens with zero attached hydrogens (tertiary/aromatic N) is 1. The molecule has 0 aliphatic carbocycles. The lowest BCUT2D eigenvalue weighted by Gasteiger charge is -2.14. The average molecular weight is 378 g/mol. The summed E-state index contributed by atoms with van der Waals surface area (Å²) in [7, 11) is 0. The monoisotopic (exact) mass is 377 g/mol. The van der Waals surface area contributed by atoms with Gasteiger partial charge in [-0.3, -0.25) is 0 Å². The van der Waals surface area contributed by atoms with Crippen LogP contribution in [0.2, 0.25) is 5.02 Å². The molecule has 0 aliphatic rings. The number of benzene rings is 5. The van der Waals surface area contributed by atoms with Crippen LogP contribution >= 0.6 is 11.6 Å². The van der Waals surface area contributed by atoms with Crippen LogP contribution in [0.15, 0.2) is 97.1 Å². The first-order valence-electron chi connectivity index (χ1n) is 9.41. The molecule has 132 valence electrons. The van der Waals surface area contributed by atoms with Crippen molar-refractivity contribution < 1.29 is 0 Å². The summed E-state index contributed by atoms with van der Waals surface area (Å²) in [6.07, 6.45) is 0. The highest BCUT2D eigenvalue weighted by Crippen LogP contribution is 2.40. The van der Waals surface area contributed by atoms with Gasteiger partial charge < -0.3 is 4.57 Å². The summed E-state index contributed by atoms with van der Waals surface area (Å²) < 4.78 is 2.34. The zero-order chi connectivity index (χ0) is 18.7. The highest BCUT2D eigenvalue weighted by atomic mass is 35.5. The molecule has 5 aromatic carbocycles. The number of fused-ring (bicyclic) bond motifs is 6. The summed E-state index contributed by atoms with van der Waals surface area (Å²) in [6.45, 7) is 0. The second kappa shape index (κ2) is 5.85. The van der Waals surface area contributed by atoms with Gasteiger partial charge in [0.05, 0.1) is 21.7 Å². The molecule has 0 unspecified atom stereocenters. The van der Waals surface area contributed by atoms with E-state index < -0.39 is 0 Å². The van der Waals surface area contributed by atoms with Crippen LogP contribution in [0.5, 0.6) is 0 Å². The Morgan fingerprint density at radius 1 is 0.500 bits per heavy atom.